The molecule has 132 valence electrons. The molecule has 3 nitrogen and oxygen atoms in total. The van der Waals surface area contributed by atoms with Crippen LogP contribution in [0.3, 0.4) is 0 Å². The SMILES string of the molecule is C=C(O)CCC1CCCC2(CC1)Nc1cc(C)ccc1-n1cccc12. The second kappa shape index (κ2) is 6.29. The molecule has 2 heterocycles. The monoisotopic (exact) mass is 336 g/mol. The van der Waals surface area contributed by atoms with Crippen LogP contribution in [-0.4, -0.2) is 9.67 Å². The van der Waals surface area contributed by atoms with Gasteiger partial charge in [0.25, 0.3) is 0 Å². The van der Waals surface area contributed by atoms with Gasteiger partial charge in [0, 0.05) is 18.3 Å². The highest BCUT2D eigenvalue weighted by Crippen LogP contribution is 2.46. The first-order chi connectivity index (χ1) is 12.1. The standard InChI is InChI=1S/C22H28N2O/c1-16-7-10-20-19(15-16)23-22(21-6-4-14-24(20)21)12-3-5-18(11-13-22)9-8-17(2)25/h4,6-7,10,14-15,18,23,25H,2-3,5,8-9,11-13H2,1H3. The molecule has 1 aliphatic heterocycles. The number of rotatable bonds is 3. The smallest absolute Gasteiger partial charge is 0.0851 e. The number of allylic oxidation sites excluding steroid dienone is 1. The van der Waals surface area contributed by atoms with Crippen LogP contribution in [0, 0.1) is 12.8 Å². The van der Waals surface area contributed by atoms with Crippen molar-refractivity contribution in [3.05, 3.63) is 60.1 Å². The van der Waals surface area contributed by atoms with Crippen molar-refractivity contribution in [2.45, 2.75) is 57.4 Å². The number of hydrogen-bond donors (Lipinski definition) is 2. The number of aryl methyl sites for hydroxylation is 1. The van der Waals surface area contributed by atoms with Crippen LogP contribution in [0.15, 0.2) is 48.9 Å². The number of hydrogen-bond acceptors (Lipinski definition) is 2. The first-order valence-electron chi connectivity index (χ1n) is 9.51. The molecule has 2 unspecified atom stereocenters. The lowest BCUT2D eigenvalue weighted by Crippen LogP contribution is -2.40. The summed E-state index contributed by atoms with van der Waals surface area (Å²) in [6.07, 6.45) is 9.98. The summed E-state index contributed by atoms with van der Waals surface area (Å²) in [6.45, 7) is 5.80. The van der Waals surface area contributed by atoms with Gasteiger partial charge in [0.1, 0.15) is 0 Å². The fourth-order valence-electron chi connectivity index (χ4n) is 4.72. The van der Waals surface area contributed by atoms with E-state index in [0.29, 0.717) is 11.7 Å². The molecule has 1 aromatic carbocycles. The molecule has 2 aliphatic rings. The number of fused-ring (bicyclic) bond motifs is 4. The van der Waals surface area contributed by atoms with Crippen molar-refractivity contribution in [3.8, 4) is 5.69 Å². The van der Waals surface area contributed by atoms with Crippen molar-refractivity contribution in [2.24, 2.45) is 5.92 Å². The van der Waals surface area contributed by atoms with Crippen molar-refractivity contribution in [3.63, 3.8) is 0 Å². The molecule has 2 atom stereocenters. The van der Waals surface area contributed by atoms with Crippen LogP contribution in [0.5, 0.6) is 0 Å². The van der Waals surface area contributed by atoms with Crippen molar-refractivity contribution in [1.29, 1.82) is 0 Å². The summed E-state index contributed by atoms with van der Waals surface area (Å²) >= 11 is 0. The minimum atomic E-state index is 0.0370. The number of aliphatic hydroxyl groups excluding tert-OH is 1. The van der Waals surface area contributed by atoms with Gasteiger partial charge in [-0.1, -0.05) is 25.5 Å². The summed E-state index contributed by atoms with van der Waals surface area (Å²) < 4.78 is 2.38. The van der Waals surface area contributed by atoms with Crippen LogP contribution in [0.25, 0.3) is 5.69 Å². The Bertz CT molecular complexity index is 791. The maximum Gasteiger partial charge on any atom is 0.0851 e. The van der Waals surface area contributed by atoms with E-state index in [1.165, 1.54) is 48.3 Å². The number of aliphatic hydroxyl groups is 1. The number of nitrogens with one attached hydrogen (secondary N) is 1. The molecule has 1 saturated carbocycles. The Kier molecular flexibility index (Phi) is 4.10. The lowest BCUT2D eigenvalue weighted by molar-refractivity contribution is 0.343. The Morgan fingerprint density at radius 3 is 3.04 bits per heavy atom. The second-order valence-corrected chi connectivity index (χ2v) is 7.89. The molecule has 0 amide bonds. The van der Waals surface area contributed by atoms with Crippen molar-refractivity contribution in [2.75, 3.05) is 5.32 Å². The minimum absolute atomic E-state index is 0.0370. The molecule has 0 radical (unpaired) electrons. The fraction of sp³-hybridized carbons (Fsp3) is 0.455. The van der Waals surface area contributed by atoms with Crippen LogP contribution >= 0.6 is 0 Å². The van der Waals surface area contributed by atoms with E-state index in [4.69, 9.17) is 0 Å². The van der Waals surface area contributed by atoms with E-state index < -0.39 is 0 Å². The maximum absolute atomic E-state index is 9.42. The lowest BCUT2D eigenvalue weighted by atomic mass is 9.83. The molecule has 2 N–H and O–H groups in total. The molecule has 1 spiro atoms. The average Bonchev–Trinajstić information content (AvgIpc) is 2.99. The van der Waals surface area contributed by atoms with Crippen LogP contribution in [-0.2, 0) is 5.54 Å². The summed E-state index contributed by atoms with van der Waals surface area (Å²) in [5.41, 5.74) is 5.25. The Hall–Kier alpha value is -2.16. The number of aromatic nitrogens is 1. The summed E-state index contributed by atoms with van der Waals surface area (Å²) in [5.74, 6) is 1.01. The van der Waals surface area contributed by atoms with Crippen LogP contribution in [0.1, 0.15) is 56.2 Å². The molecule has 0 bridgehead atoms. The van der Waals surface area contributed by atoms with E-state index in [1.807, 2.05) is 0 Å². The van der Waals surface area contributed by atoms with Gasteiger partial charge in [-0.05, 0) is 68.4 Å². The van der Waals surface area contributed by atoms with Gasteiger partial charge in [-0.2, -0.15) is 0 Å². The molecule has 4 rings (SSSR count). The second-order valence-electron chi connectivity index (χ2n) is 7.89. The molecular weight excluding hydrogens is 308 g/mol. The zero-order valence-corrected chi connectivity index (χ0v) is 15.1. The number of anilines is 1. The van der Waals surface area contributed by atoms with Gasteiger partial charge in [-0.3, -0.25) is 0 Å². The van der Waals surface area contributed by atoms with Gasteiger partial charge in [0.15, 0.2) is 0 Å². The van der Waals surface area contributed by atoms with E-state index >= 15 is 0 Å². The molecule has 1 aromatic heterocycles. The van der Waals surface area contributed by atoms with Crippen LogP contribution in [0.4, 0.5) is 5.69 Å². The fourth-order valence-corrected chi connectivity index (χ4v) is 4.72. The highest BCUT2D eigenvalue weighted by Gasteiger charge is 2.40. The highest BCUT2D eigenvalue weighted by molar-refractivity contribution is 5.68. The largest absolute Gasteiger partial charge is 0.513 e. The van der Waals surface area contributed by atoms with Gasteiger partial charge >= 0.3 is 0 Å². The Balaban J connectivity index is 1.63. The topological polar surface area (TPSA) is 37.2 Å². The summed E-state index contributed by atoms with van der Waals surface area (Å²) in [5, 5.41) is 13.4. The predicted molar refractivity (Wildman–Crippen MR) is 103 cm³/mol. The lowest BCUT2D eigenvalue weighted by Gasteiger charge is -2.41. The van der Waals surface area contributed by atoms with Crippen LogP contribution in [0.2, 0.25) is 0 Å². The van der Waals surface area contributed by atoms with Gasteiger partial charge in [-0.15, -0.1) is 0 Å². The summed E-state index contributed by atoms with van der Waals surface area (Å²) in [7, 11) is 0. The van der Waals surface area contributed by atoms with E-state index in [0.717, 1.165) is 19.3 Å². The highest BCUT2D eigenvalue weighted by atomic mass is 16.3. The molecule has 25 heavy (non-hydrogen) atoms. The van der Waals surface area contributed by atoms with Crippen molar-refractivity contribution >= 4 is 5.69 Å². The first-order valence-corrected chi connectivity index (χ1v) is 9.51. The van der Waals surface area contributed by atoms with E-state index in [1.54, 1.807) is 0 Å². The van der Waals surface area contributed by atoms with Gasteiger partial charge in [-0.25, -0.2) is 0 Å². The third-order valence-corrected chi connectivity index (χ3v) is 6.06. The zero-order valence-electron chi connectivity index (χ0n) is 15.1. The number of benzene rings is 1. The first kappa shape index (κ1) is 16.3. The number of nitrogens with zero attached hydrogens (tertiary/aromatic N) is 1. The molecule has 2 aromatic rings. The average molecular weight is 336 g/mol. The molecule has 1 fully saturated rings. The van der Waals surface area contributed by atoms with Gasteiger partial charge in [0.2, 0.25) is 0 Å². The predicted octanol–water partition coefficient (Wildman–Crippen LogP) is 5.84. The minimum Gasteiger partial charge on any atom is -0.513 e. The van der Waals surface area contributed by atoms with Gasteiger partial charge in [0.05, 0.1) is 22.7 Å². The molecular formula is C22H28N2O. The Labute approximate surface area is 150 Å². The third kappa shape index (κ3) is 2.97. The summed E-state index contributed by atoms with van der Waals surface area (Å²) in [4.78, 5) is 0. The van der Waals surface area contributed by atoms with E-state index in [-0.39, 0.29) is 5.54 Å². The van der Waals surface area contributed by atoms with E-state index in [9.17, 15) is 5.11 Å². The maximum atomic E-state index is 9.42. The van der Waals surface area contributed by atoms with Gasteiger partial charge < -0.3 is 15.0 Å². The van der Waals surface area contributed by atoms with Crippen LogP contribution < -0.4 is 5.32 Å². The van der Waals surface area contributed by atoms with Crippen molar-refractivity contribution < 1.29 is 5.11 Å². The third-order valence-electron chi connectivity index (χ3n) is 6.06. The Morgan fingerprint density at radius 1 is 1.32 bits per heavy atom. The normalized spacial score (nSPS) is 24.9. The summed E-state index contributed by atoms with van der Waals surface area (Å²) in [6, 6.07) is 11.1. The van der Waals surface area contributed by atoms with Crippen molar-refractivity contribution in [1.82, 2.24) is 4.57 Å². The van der Waals surface area contributed by atoms with E-state index in [2.05, 4.69) is 59.9 Å². The quantitative estimate of drug-likeness (QED) is 0.691. The molecule has 0 saturated heterocycles. The zero-order chi connectivity index (χ0) is 17.4. The molecule has 1 aliphatic carbocycles. The Morgan fingerprint density at radius 2 is 2.20 bits per heavy atom. The molecule has 3 heteroatoms.